The molecule has 0 saturated heterocycles. The largest absolute Gasteiger partial charge is 0.497 e. The van der Waals surface area contributed by atoms with Crippen molar-refractivity contribution in [1.29, 1.82) is 0 Å². The van der Waals surface area contributed by atoms with Gasteiger partial charge in [-0.15, -0.1) is 0 Å². The van der Waals surface area contributed by atoms with E-state index in [1.165, 1.54) is 7.11 Å². The van der Waals surface area contributed by atoms with Crippen molar-refractivity contribution < 1.29 is 19.2 Å². The summed E-state index contributed by atoms with van der Waals surface area (Å²) in [5.74, 6) is -0.530. The summed E-state index contributed by atoms with van der Waals surface area (Å²) in [6.45, 7) is 1.69. The fraction of sp³-hybridized carbons (Fsp3) is 0.350. The number of nitro groups is 1. The van der Waals surface area contributed by atoms with E-state index >= 15 is 0 Å². The van der Waals surface area contributed by atoms with Crippen LogP contribution in [0.2, 0.25) is 0 Å². The number of hydrogen-bond acceptors (Lipinski definition) is 5. The Balaban J connectivity index is 2.46. The third kappa shape index (κ3) is 5.05. The summed E-state index contributed by atoms with van der Waals surface area (Å²) < 4.78 is 10.00. The smallest absolute Gasteiger partial charge is 0.306 e. The Bertz CT molecular complexity index is 740. The molecule has 0 spiro atoms. The molecule has 2 aromatic carbocycles. The molecule has 138 valence electrons. The number of hydrogen-bond donors (Lipinski definition) is 0. The van der Waals surface area contributed by atoms with Crippen molar-refractivity contribution in [3.8, 4) is 5.75 Å². The summed E-state index contributed by atoms with van der Waals surface area (Å²) in [6, 6.07) is 14.9. The molecular formula is C20H23NO5. The molecule has 0 aliphatic heterocycles. The molecule has 2 atom stereocenters. The highest BCUT2D eigenvalue weighted by atomic mass is 16.6. The zero-order valence-corrected chi connectivity index (χ0v) is 15.2. The molecule has 26 heavy (non-hydrogen) atoms. The van der Waals surface area contributed by atoms with Crippen LogP contribution in [0.3, 0.4) is 0 Å². The topological polar surface area (TPSA) is 78.7 Å². The van der Waals surface area contributed by atoms with Crippen LogP contribution >= 0.6 is 0 Å². The molecule has 0 unspecified atom stereocenters. The van der Waals surface area contributed by atoms with E-state index in [1.807, 2.05) is 43.3 Å². The summed E-state index contributed by atoms with van der Waals surface area (Å²) in [6.07, 6.45) is 0.0647. The molecule has 6 nitrogen and oxygen atoms in total. The van der Waals surface area contributed by atoms with Crippen LogP contribution in [0.25, 0.3) is 0 Å². The lowest BCUT2D eigenvalue weighted by molar-refractivity contribution is -0.484. The Morgan fingerprint density at radius 3 is 2.04 bits per heavy atom. The Labute approximate surface area is 152 Å². The van der Waals surface area contributed by atoms with Crippen LogP contribution in [0, 0.1) is 17.0 Å². The number of carbonyl (C=O) groups is 1. The van der Waals surface area contributed by atoms with E-state index in [2.05, 4.69) is 0 Å². The average Bonchev–Trinajstić information content (AvgIpc) is 2.65. The predicted molar refractivity (Wildman–Crippen MR) is 98.1 cm³/mol. The van der Waals surface area contributed by atoms with Gasteiger partial charge in [0.05, 0.1) is 26.6 Å². The second-order valence-corrected chi connectivity index (χ2v) is 6.19. The van der Waals surface area contributed by atoms with Gasteiger partial charge in [-0.3, -0.25) is 14.9 Å². The first-order valence-corrected chi connectivity index (χ1v) is 8.33. The van der Waals surface area contributed by atoms with Crippen LogP contribution in [-0.4, -0.2) is 31.7 Å². The number of methoxy groups -OCH3 is 2. The number of carbonyl (C=O) groups excluding carboxylic acids is 1. The lowest BCUT2D eigenvalue weighted by atomic mass is 9.79. The Morgan fingerprint density at radius 2 is 1.54 bits per heavy atom. The fourth-order valence-electron chi connectivity index (χ4n) is 3.05. The van der Waals surface area contributed by atoms with Gasteiger partial charge in [0.15, 0.2) is 0 Å². The van der Waals surface area contributed by atoms with Crippen molar-refractivity contribution in [2.45, 2.75) is 25.2 Å². The maximum Gasteiger partial charge on any atom is 0.306 e. The van der Waals surface area contributed by atoms with Crippen molar-refractivity contribution in [1.82, 2.24) is 0 Å². The second kappa shape index (κ2) is 8.99. The normalized spacial score (nSPS) is 12.9. The lowest BCUT2D eigenvalue weighted by Gasteiger charge is -2.25. The molecule has 0 saturated carbocycles. The van der Waals surface area contributed by atoms with Gasteiger partial charge in [0.25, 0.3) is 0 Å². The van der Waals surface area contributed by atoms with Crippen LogP contribution in [0.5, 0.6) is 5.75 Å². The van der Waals surface area contributed by atoms with Crippen LogP contribution < -0.4 is 4.74 Å². The van der Waals surface area contributed by atoms with Gasteiger partial charge in [0.1, 0.15) is 5.75 Å². The van der Waals surface area contributed by atoms with Crippen LogP contribution in [0.15, 0.2) is 48.5 Å². The summed E-state index contributed by atoms with van der Waals surface area (Å²) in [4.78, 5) is 23.0. The van der Waals surface area contributed by atoms with Gasteiger partial charge >= 0.3 is 5.97 Å². The van der Waals surface area contributed by atoms with Crippen molar-refractivity contribution in [3.05, 3.63) is 75.3 Å². The van der Waals surface area contributed by atoms with Gasteiger partial charge < -0.3 is 9.47 Å². The average molecular weight is 357 g/mol. The molecule has 0 radical (unpaired) electrons. The van der Waals surface area contributed by atoms with Crippen LogP contribution in [0.1, 0.15) is 34.9 Å². The summed E-state index contributed by atoms with van der Waals surface area (Å²) in [5, 5.41) is 11.3. The monoisotopic (exact) mass is 357 g/mol. The van der Waals surface area contributed by atoms with E-state index in [0.717, 1.165) is 16.7 Å². The summed E-state index contributed by atoms with van der Waals surface area (Å²) >= 11 is 0. The summed E-state index contributed by atoms with van der Waals surface area (Å²) in [7, 11) is 2.89. The number of benzene rings is 2. The highest BCUT2D eigenvalue weighted by molar-refractivity contribution is 5.70. The molecule has 0 heterocycles. The molecule has 0 bridgehead atoms. The second-order valence-electron chi connectivity index (χ2n) is 6.19. The number of rotatable bonds is 8. The van der Waals surface area contributed by atoms with E-state index < -0.39 is 11.9 Å². The third-order valence-electron chi connectivity index (χ3n) is 4.50. The Hall–Kier alpha value is -2.89. The zero-order chi connectivity index (χ0) is 19.1. The zero-order valence-electron chi connectivity index (χ0n) is 15.2. The molecular weight excluding hydrogens is 334 g/mol. The Morgan fingerprint density at radius 1 is 1.00 bits per heavy atom. The van der Waals surface area contributed by atoms with Crippen LogP contribution in [-0.2, 0) is 9.53 Å². The fourth-order valence-corrected chi connectivity index (χ4v) is 3.05. The highest BCUT2D eigenvalue weighted by Gasteiger charge is 2.31. The Kier molecular flexibility index (Phi) is 6.72. The van der Waals surface area contributed by atoms with E-state index in [9.17, 15) is 14.9 Å². The van der Waals surface area contributed by atoms with Gasteiger partial charge in [-0.2, -0.15) is 0 Å². The molecule has 6 heteroatoms. The number of aryl methyl sites for hydroxylation is 1. The van der Waals surface area contributed by atoms with Crippen molar-refractivity contribution >= 4 is 5.97 Å². The van der Waals surface area contributed by atoms with E-state index in [1.54, 1.807) is 19.2 Å². The lowest BCUT2D eigenvalue weighted by Crippen LogP contribution is -2.23. The molecule has 0 aliphatic carbocycles. The van der Waals surface area contributed by atoms with Gasteiger partial charge in [0, 0.05) is 10.8 Å². The molecule has 0 N–H and O–H groups in total. The third-order valence-corrected chi connectivity index (χ3v) is 4.50. The molecule has 2 rings (SSSR count). The molecule has 2 aromatic rings. The number of nitrogens with zero attached hydrogens (tertiary/aromatic N) is 1. The predicted octanol–water partition coefficient (Wildman–Crippen LogP) is 3.71. The molecule has 0 amide bonds. The van der Waals surface area contributed by atoms with E-state index in [0.29, 0.717) is 5.75 Å². The van der Waals surface area contributed by atoms with Gasteiger partial charge in [-0.05, 0) is 30.2 Å². The summed E-state index contributed by atoms with van der Waals surface area (Å²) in [5.41, 5.74) is 2.74. The molecule has 0 aromatic heterocycles. The minimum Gasteiger partial charge on any atom is -0.497 e. The maximum absolute atomic E-state index is 12.0. The first kappa shape index (κ1) is 19.4. The quantitative estimate of drug-likeness (QED) is 0.409. The van der Waals surface area contributed by atoms with Crippen molar-refractivity contribution in [3.63, 3.8) is 0 Å². The number of esters is 1. The maximum atomic E-state index is 12.0. The minimum atomic E-state index is -0.446. The first-order chi connectivity index (χ1) is 12.4. The number of ether oxygens (including phenoxy) is 2. The van der Waals surface area contributed by atoms with Crippen LogP contribution in [0.4, 0.5) is 0 Å². The van der Waals surface area contributed by atoms with Gasteiger partial charge in [-0.1, -0.05) is 42.0 Å². The van der Waals surface area contributed by atoms with Gasteiger partial charge in [-0.25, -0.2) is 0 Å². The van der Waals surface area contributed by atoms with Gasteiger partial charge in [0.2, 0.25) is 6.54 Å². The van der Waals surface area contributed by atoms with E-state index in [-0.39, 0.29) is 23.8 Å². The van der Waals surface area contributed by atoms with Crippen molar-refractivity contribution in [2.75, 3.05) is 20.8 Å². The standard InChI is InChI=1S/C20H23NO5/c1-14-4-6-16(7-5-14)19(13-21(23)24)18(12-20(22)26-3)15-8-10-17(25-2)11-9-15/h4-11,18-19H,12-13H2,1-3H3/t18-,19+/m0/s1. The minimum absolute atomic E-state index is 0.0647. The SMILES string of the molecule is COC(=O)C[C@@H](c1ccc(OC)cc1)[C@H](C[N+](=O)[O-])c1ccc(C)cc1. The van der Waals surface area contributed by atoms with Crippen molar-refractivity contribution in [2.24, 2.45) is 0 Å². The van der Waals surface area contributed by atoms with E-state index in [4.69, 9.17) is 9.47 Å². The molecule has 0 aliphatic rings. The highest BCUT2D eigenvalue weighted by Crippen LogP contribution is 2.37. The molecule has 0 fully saturated rings. The first-order valence-electron chi connectivity index (χ1n) is 8.33.